The highest BCUT2D eigenvalue weighted by molar-refractivity contribution is 14.0. The number of piperazine rings is 1. The molecule has 2 fully saturated rings. The molecule has 2 saturated heterocycles. The van der Waals surface area contributed by atoms with Crippen LogP contribution >= 0.6 is 24.0 Å². The van der Waals surface area contributed by atoms with Gasteiger partial charge in [0.2, 0.25) is 5.91 Å². The van der Waals surface area contributed by atoms with Crippen molar-refractivity contribution in [2.24, 2.45) is 4.99 Å². The summed E-state index contributed by atoms with van der Waals surface area (Å²) >= 11 is 0. The molecule has 8 heteroatoms. The lowest BCUT2D eigenvalue weighted by atomic mass is 10.1. The Hall–Kier alpha value is -1.55. The van der Waals surface area contributed by atoms with Crippen molar-refractivity contribution in [3.63, 3.8) is 0 Å². The molecular formula is C23H38IN5O2. The number of phenolic OH excluding ortho intramolecular Hbond substituents is 1. The molecule has 2 heterocycles. The van der Waals surface area contributed by atoms with Crippen molar-refractivity contribution in [3.05, 3.63) is 29.8 Å². The van der Waals surface area contributed by atoms with Gasteiger partial charge < -0.3 is 20.2 Å². The topological polar surface area (TPSA) is 71.4 Å². The highest BCUT2D eigenvalue weighted by Gasteiger charge is 2.23. The maximum absolute atomic E-state index is 12.6. The molecule has 0 unspecified atom stereocenters. The standard InChI is InChI=1S/C23H37N5O2.HI/c1-24-23(25-12-6-7-20-8-10-21(29)11-9-20)28-17-15-26(16-18-28)19-22(30)27-13-4-2-3-5-14-27;/h8-11,29H,2-7,12-19H2,1H3,(H,24,25);1H. The number of nitrogens with zero attached hydrogens (tertiary/aromatic N) is 4. The molecule has 2 aliphatic rings. The third-order valence-corrected chi connectivity index (χ3v) is 6.06. The van der Waals surface area contributed by atoms with Crippen molar-refractivity contribution in [1.29, 1.82) is 0 Å². The van der Waals surface area contributed by atoms with Gasteiger partial charge in [0.15, 0.2) is 5.96 Å². The van der Waals surface area contributed by atoms with Gasteiger partial charge in [-0.2, -0.15) is 0 Å². The first-order valence-electron chi connectivity index (χ1n) is 11.4. The average molecular weight is 543 g/mol. The summed E-state index contributed by atoms with van der Waals surface area (Å²) < 4.78 is 0. The fourth-order valence-corrected chi connectivity index (χ4v) is 4.22. The number of halogens is 1. The van der Waals surface area contributed by atoms with Gasteiger partial charge in [-0.25, -0.2) is 0 Å². The van der Waals surface area contributed by atoms with E-state index in [9.17, 15) is 9.90 Å². The van der Waals surface area contributed by atoms with Crippen LogP contribution in [0, 0.1) is 0 Å². The van der Waals surface area contributed by atoms with E-state index in [1.54, 1.807) is 12.1 Å². The first kappa shape index (κ1) is 25.7. The minimum absolute atomic E-state index is 0. The number of nitrogens with one attached hydrogen (secondary N) is 1. The lowest BCUT2D eigenvalue weighted by molar-refractivity contribution is -0.132. The molecule has 31 heavy (non-hydrogen) atoms. The van der Waals surface area contributed by atoms with Crippen LogP contribution in [0.2, 0.25) is 0 Å². The van der Waals surface area contributed by atoms with Crippen molar-refractivity contribution >= 4 is 35.8 Å². The summed E-state index contributed by atoms with van der Waals surface area (Å²) in [5.74, 6) is 1.55. The van der Waals surface area contributed by atoms with Gasteiger partial charge in [-0.3, -0.25) is 14.7 Å². The summed E-state index contributed by atoms with van der Waals surface area (Å²) in [6, 6.07) is 7.41. The first-order chi connectivity index (χ1) is 14.7. The number of hydrogen-bond acceptors (Lipinski definition) is 4. The summed E-state index contributed by atoms with van der Waals surface area (Å²) in [4.78, 5) is 23.7. The number of hydrogen-bond donors (Lipinski definition) is 2. The van der Waals surface area contributed by atoms with Gasteiger partial charge in [0.05, 0.1) is 6.54 Å². The highest BCUT2D eigenvalue weighted by atomic mass is 127. The fraction of sp³-hybridized carbons (Fsp3) is 0.652. The second-order valence-corrected chi connectivity index (χ2v) is 8.30. The van der Waals surface area contributed by atoms with Crippen LogP contribution in [0.5, 0.6) is 5.75 Å². The number of amides is 1. The second-order valence-electron chi connectivity index (χ2n) is 8.30. The number of carbonyl (C=O) groups excluding carboxylic acids is 1. The Morgan fingerprint density at radius 1 is 0.968 bits per heavy atom. The molecule has 1 amide bonds. The van der Waals surface area contributed by atoms with E-state index in [0.717, 1.165) is 77.5 Å². The average Bonchev–Trinajstić information content (AvgIpc) is 3.06. The predicted molar refractivity (Wildman–Crippen MR) is 136 cm³/mol. The summed E-state index contributed by atoms with van der Waals surface area (Å²) in [6.07, 6.45) is 6.78. The number of aromatic hydroxyl groups is 1. The zero-order chi connectivity index (χ0) is 21.2. The number of phenols is 1. The van der Waals surface area contributed by atoms with Gasteiger partial charge in [0.1, 0.15) is 5.75 Å². The number of carbonyl (C=O) groups is 1. The van der Waals surface area contributed by atoms with Crippen LogP contribution < -0.4 is 5.32 Å². The summed E-state index contributed by atoms with van der Waals surface area (Å²) in [6.45, 7) is 6.85. The zero-order valence-corrected chi connectivity index (χ0v) is 21.1. The molecule has 174 valence electrons. The Balaban J connectivity index is 0.00000341. The molecule has 1 aromatic rings. The monoisotopic (exact) mass is 543 g/mol. The molecule has 3 rings (SSSR count). The molecule has 0 atom stereocenters. The normalized spacial score (nSPS) is 18.3. The third kappa shape index (κ3) is 8.48. The SMILES string of the molecule is CN=C(NCCCc1ccc(O)cc1)N1CCN(CC(=O)N2CCCCCC2)CC1.I. The van der Waals surface area contributed by atoms with Gasteiger partial charge >= 0.3 is 0 Å². The fourth-order valence-electron chi connectivity index (χ4n) is 4.22. The molecule has 2 N–H and O–H groups in total. The molecule has 0 saturated carbocycles. The maximum atomic E-state index is 12.6. The van der Waals surface area contributed by atoms with Crippen LogP contribution in [-0.2, 0) is 11.2 Å². The molecular weight excluding hydrogens is 505 g/mol. The zero-order valence-electron chi connectivity index (χ0n) is 18.8. The number of likely N-dealkylation sites (tertiary alicyclic amines) is 1. The summed E-state index contributed by atoms with van der Waals surface area (Å²) in [5.41, 5.74) is 1.23. The van der Waals surface area contributed by atoms with Crippen LogP contribution in [0.3, 0.4) is 0 Å². The Labute approximate surface area is 203 Å². The van der Waals surface area contributed by atoms with Gasteiger partial charge in [-0.1, -0.05) is 25.0 Å². The van der Waals surface area contributed by atoms with Crippen molar-refractivity contribution in [3.8, 4) is 5.75 Å². The maximum Gasteiger partial charge on any atom is 0.236 e. The largest absolute Gasteiger partial charge is 0.508 e. The van der Waals surface area contributed by atoms with Crippen LogP contribution in [-0.4, -0.2) is 91.1 Å². The van der Waals surface area contributed by atoms with Crippen LogP contribution in [0.1, 0.15) is 37.7 Å². The first-order valence-corrected chi connectivity index (χ1v) is 11.4. The molecule has 0 radical (unpaired) electrons. The van der Waals surface area contributed by atoms with E-state index in [4.69, 9.17) is 0 Å². The van der Waals surface area contributed by atoms with E-state index in [1.807, 2.05) is 19.2 Å². The van der Waals surface area contributed by atoms with E-state index < -0.39 is 0 Å². The van der Waals surface area contributed by atoms with E-state index in [2.05, 4.69) is 25.0 Å². The van der Waals surface area contributed by atoms with Crippen molar-refractivity contribution in [2.75, 3.05) is 59.4 Å². The lowest BCUT2D eigenvalue weighted by Crippen LogP contribution is -2.54. The molecule has 7 nitrogen and oxygen atoms in total. The van der Waals surface area contributed by atoms with Gasteiger partial charge in [0.25, 0.3) is 0 Å². The van der Waals surface area contributed by atoms with Crippen LogP contribution in [0.4, 0.5) is 0 Å². The predicted octanol–water partition coefficient (Wildman–Crippen LogP) is 2.54. The van der Waals surface area contributed by atoms with Crippen molar-refractivity contribution < 1.29 is 9.90 Å². The second kappa shape index (κ2) is 13.8. The quantitative estimate of drug-likeness (QED) is 0.250. The lowest BCUT2D eigenvalue weighted by Gasteiger charge is -2.37. The highest BCUT2D eigenvalue weighted by Crippen LogP contribution is 2.12. The van der Waals surface area contributed by atoms with E-state index >= 15 is 0 Å². The Bertz CT molecular complexity index is 682. The minimum atomic E-state index is 0. The molecule has 0 bridgehead atoms. The van der Waals surface area contributed by atoms with E-state index in [-0.39, 0.29) is 24.0 Å². The van der Waals surface area contributed by atoms with Crippen molar-refractivity contribution in [2.45, 2.75) is 38.5 Å². The summed E-state index contributed by atoms with van der Waals surface area (Å²) in [5, 5.41) is 12.8. The number of guanidine groups is 1. The van der Waals surface area contributed by atoms with E-state index in [1.165, 1.54) is 18.4 Å². The third-order valence-electron chi connectivity index (χ3n) is 6.06. The molecule has 1 aromatic carbocycles. The molecule has 0 aromatic heterocycles. The van der Waals surface area contributed by atoms with Crippen LogP contribution in [0.25, 0.3) is 0 Å². The van der Waals surface area contributed by atoms with Crippen molar-refractivity contribution in [1.82, 2.24) is 20.0 Å². The molecule has 2 aliphatic heterocycles. The molecule has 0 aliphatic carbocycles. The summed E-state index contributed by atoms with van der Waals surface area (Å²) in [7, 11) is 1.83. The number of rotatable bonds is 6. The number of benzene rings is 1. The number of aliphatic imine (C=N–C) groups is 1. The Morgan fingerprint density at radius 3 is 2.23 bits per heavy atom. The molecule has 0 spiro atoms. The minimum Gasteiger partial charge on any atom is -0.508 e. The van der Waals surface area contributed by atoms with Crippen LogP contribution in [0.15, 0.2) is 29.3 Å². The number of aryl methyl sites for hydroxylation is 1. The van der Waals surface area contributed by atoms with Gasteiger partial charge in [0, 0.05) is 52.9 Å². The van der Waals surface area contributed by atoms with E-state index in [0.29, 0.717) is 18.2 Å². The smallest absolute Gasteiger partial charge is 0.236 e. The van der Waals surface area contributed by atoms with Gasteiger partial charge in [-0.15, -0.1) is 24.0 Å². The van der Waals surface area contributed by atoms with Gasteiger partial charge in [-0.05, 0) is 43.4 Å². The Kier molecular flexibility index (Phi) is 11.4. The Morgan fingerprint density at radius 2 is 1.61 bits per heavy atom.